The lowest BCUT2D eigenvalue weighted by Gasteiger charge is -2.29. The summed E-state index contributed by atoms with van der Waals surface area (Å²) in [6, 6.07) is 34.4. The molecule has 1 fully saturated rings. The molecule has 5 aromatic rings. The van der Waals surface area contributed by atoms with Gasteiger partial charge in [-0.2, -0.15) is 0 Å². The minimum Gasteiger partial charge on any atom is -0.495 e. The first-order chi connectivity index (χ1) is 20.6. The molecule has 2 aromatic heterocycles. The summed E-state index contributed by atoms with van der Waals surface area (Å²) in [4.78, 5) is 19.3. The van der Waals surface area contributed by atoms with Crippen LogP contribution in [0, 0.1) is 0 Å². The van der Waals surface area contributed by atoms with Crippen molar-refractivity contribution in [2.75, 3.05) is 23.9 Å². The van der Waals surface area contributed by atoms with E-state index in [1.807, 2.05) is 109 Å². The maximum Gasteiger partial charge on any atom is 0.262 e. The van der Waals surface area contributed by atoms with E-state index in [1.54, 1.807) is 13.3 Å². The van der Waals surface area contributed by atoms with Gasteiger partial charge in [-0.25, -0.2) is 0 Å². The Morgan fingerprint density at radius 2 is 1.69 bits per heavy atom. The van der Waals surface area contributed by atoms with Crippen LogP contribution in [0.2, 0.25) is 0 Å². The summed E-state index contributed by atoms with van der Waals surface area (Å²) < 4.78 is 13.4. The zero-order valence-electron chi connectivity index (χ0n) is 22.9. The standard InChI is InChI=1S/C33H29N5O3S/c1-40-29-15-6-5-13-27(29)37-21-9-14-28(37)32-31(26-12-7-8-20-34-26)36-33(42)38(32)24-18-16-23(17-19-24)35-30(39)22-41-25-10-3-2-4-11-25/h2-21,31-32H,22H2,1H3,(H,35,39)(H,36,42)/t31-,32-/m1/s1. The third kappa shape index (κ3) is 5.55. The van der Waals surface area contributed by atoms with Gasteiger partial charge >= 0.3 is 0 Å². The molecule has 0 radical (unpaired) electrons. The number of aromatic nitrogens is 2. The van der Waals surface area contributed by atoms with E-state index in [0.29, 0.717) is 16.5 Å². The topological polar surface area (TPSA) is 80.7 Å². The number of para-hydroxylation sites is 3. The van der Waals surface area contributed by atoms with E-state index in [0.717, 1.165) is 28.5 Å². The molecule has 1 aliphatic rings. The number of nitrogens with zero attached hydrogens (tertiary/aromatic N) is 3. The fourth-order valence-corrected chi connectivity index (χ4v) is 5.53. The first kappa shape index (κ1) is 27.0. The number of thiocarbonyl (C=S) groups is 1. The van der Waals surface area contributed by atoms with Gasteiger partial charge < -0.3 is 29.6 Å². The van der Waals surface area contributed by atoms with Gasteiger partial charge in [-0.05, 0) is 85.0 Å². The number of hydrogen-bond acceptors (Lipinski definition) is 5. The van der Waals surface area contributed by atoms with E-state index in [-0.39, 0.29) is 24.6 Å². The maximum absolute atomic E-state index is 12.5. The molecule has 0 spiro atoms. The average molecular weight is 576 g/mol. The van der Waals surface area contributed by atoms with Crippen molar-refractivity contribution in [2.45, 2.75) is 12.1 Å². The summed E-state index contributed by atoms with van der Waals surface area (Å²) in [5.41, 5.74) is 4.35. The van der Waals surface area contributed by atoms with E-state index >= 15 is 0 Å². The molecule has 0 aliphatic carbocycles. The van der Waals surface area contributed by atoms with E-state index in [4.69, 9.17) is 21.7 Å². The summed E-state index contributed by atoms with van der Waals surface area (Å²) in [5, 5.41) is 6.99. The van der Waals surface area contributed by atoms with Gasteiger partial charge in [-0.3, -0.25) is 9.78 Å². The van der Waals surface area contributed by atoms with Crippen molar-refractivity contribution >= 4 is 34.6 Å². The average Bonchev–Trinajstić information content (AvgIpc) is 3.65. The van der Waals surface area contributed by atoms with Crippen molar-refractivity contribution in [3.05, 3.63) is 133 Å². The molecule has 3 aromatic carbocycles. The molecular weight excluding hydrogens is 546 g/mol. The minimum atomic E-state index is -0.243. The molecule has 6 rings (SSSR count). The molecule has 0 unspecified atom stereocenters. The molecule has 2 atom stereocenters. The van der Waals surface area contributed by atoms with Crippen molar-refractivity contribution in [2.24, 2.45) is 0 Å². The monoisotopic (exact) mass is 575 g/mol. The van der Waals surface area contributed by atoms with Crippen LogP contribution in [0.15, 0.2) is 122 Å². The maximum atomic E-state index is 12.5. The second kappa shape index (κ2) is 12.2. The molecular formula is C33H29N5O3S. The number of methoxy groups -OCH3 is 1. The van der Waals surface area contributed by atoms with Crippen LogP contribution in [-0.4, -0.2) is 34.3 Å². The number of rotatable bonds is 9. The lowest BCUT2D eigenvalue weighted by molar-refractivity contribution is -0.118. The van der Waals surface area contributed by atoms with Gasteiger partial charge in [0.25, 0.3) is 5.91 Å². The van der Waals surface area contributed by atoms with Crippen LogP contribution in [0.4, 0.5) is 11.4 Å². The highest BCUT2D eigenvalue weighted by atomic mass is 32.1. The van der Waals surface area contributed by atoms with Gasteiger partial charge in [-0.15, -0.1) is 0 Å². The molecule has 1 aliphatic heterocycles. The molecule has 1 saturated heterocycles. The Morgan fingerprint density at radius 1 is 0.929 bits per heavy atom. The van der Waals surface area contributed by atoms with Crippen LogP contribution < -0.4 is 25.0 Å². The molecule has 3 heterocycles. The van der Waals surface area contributed by atoms with Gasteiger partial charge in [0.1, 0.15) is 17.5 Å². The van der Waals surface area contributed by atoms with Crippen molar-refractivity contribution in [1.29, 1.82) is 0 Å². The van der Waals surface area contributed by atoms with Crippen LogP contribution in [0.3, 0.4) is 0 Å². The second-order valence-electron chi connectivity index (χ2n) is 9.67. The van der Waals surface area contributed by atoms with Gasteiger partial charge in [0, 0.05) is 29.5 Å². The summed E-state index contributed by atoms with van der Waals surface area (Å²) in [7, 11) is 1.67. The number of carbonyl (C=O) groups is 1. The molecule has 8 nitrogen and oxygen atoms in total. The zero-order valence-corrected chi connectivity index (χ0v) is 23.7. The number of ether oxygens (including phenoxy) is 2. The molecule has 1 amide bonds. The van der Waals surface area contributed by atoms with Gasteiger partial charge in [0.15, 0.2) is 11.7 Å². The zero-order chi connectivity index (χ0) is 28.9. The van der Waals surface area contributed by atoms with E-state index in [9.17, 15) is 4.79 Å². The normalized spacial score (nSPS) is 16.1. The quantitative estimate of drug-likeness (QED) is 0.206. The molecule has 210 valence electrons. The van der Waals surface area contributed by atoms with E-state index in [1.165, 1.54) is 0 Å². The third-order valence-electron chi connectivity index (χ3n) is 7.07. The molecule has 0 bridgehead atoms. The predicted octanol–water partition coefficient (Wildman–Crippen LogP) is 6.08. The van der Waals surface area contributed by atoms with Crippen LogP contribution in [0.5, 0.6) is 11.5 Å². The number of amides is 1. The Balaban J connectivity index is 1.30. The first-order valence-electron chi connectivity index (χ1n) is 13.5. The van der Waals surface area contributed by atoms with Crippen LogP contribution in [0.25, 0.3) is 5.69 Å². The van der Waals surface area contributed by atoms with Crippen molar-refractivity contribution < 1.29 is 14.3 Å². The highest BCUT2D eigenvalue weighted by Gasteiger charge is 2.42. The van der Waals surface area contributed by atoms with Crippen LogP contribution in [0.1, 0.15) is 23.5 Å². The van der Waals surface area contributed by atoms with Crippen LogP contribution >= 0.6 is 12.2 Å². The van der Waals surface area contributed by atoms with Crippen molar-refractivity contribution in [1.82, 2.24) is 14.9 Å². The fourth-order valence-electron chi connectivity index (χ4n) is 5.18. The second-order valence-corrected chi connectivity index (χ2v) is 10.1. The summed E-state index contributed by atoms with van der Waals surface area (Å²) in [6.45, 7) is -0.0837. The van der Waals surface area contributed by atoms with Crippen molar-refractivity contribution in [3.8, 4) is 17.2 Å². The predicted molar refractivity (Wildman–Crippen MR) is 167 cm³/mol. The lowest BCUT2D eigenvalue weighted by atomic mass is 10.0. The number of carbonyl (C=O) groups excluding carboxylic acids is 1. The Labute approximate surface area is 249 Å². The summed E-state index contributed by atoms with van der Waals surface area (Å²) >= 11 is 5.91. The van der Waals surface area contributed by atoms with E-state index < -0.39 is 0 Å². The third-order valence-corrected chi connectivity index (χ3v) is 7.38. The Bertz CT molecular complexity index is 1680. The molecule has 9 heteroatoms. The van der Waals surface area contributed by atoms with Gasteiger partial charge in [-0.1, -0.05) is 36.4 Å². The van der Waals surface area contributed by atoms with Gasteiger partial charge in [0.2, 0.25) is 0 Å². The minimum absolute atomic E-state index is 0.0837. The van der Waals surface area contributed by atoms with E-state index in [2.05, 4.69) is 31.2 Å². The lowest BCUT2D eigenvalue weighted by Crippen LogP contribution is -2.30. The highest BCUT2D eigenvalue weighted by Crippen LogP contribution is 2.43. The number of benzene rings is 3. The largest absolute Gasteiger partial charge is 0.495 e. The smallest absolute Gasteiger partial charge is 0.262 e. The number of anilines is 2. The number of nitrogens with one attached hydrogen (secondary N) is 2. The SMILES string of the molecule is COc1ccccc1-n1cccc1[C@@H]1[C@@H](c2ccccn2)NC(=S)N1c1ccc(NC(=O)COc2ccccc2)cc1. The molecule has 0 saturated carbocycles. The molecule has 42 heavy (non-hydrogen) atoms. The highest BCUT2D eigenvalue weighted by molar-refractivity contribution is 7.80. The Kier molecular flexibility index (Phi) is 7.83. The summed E-state index contributed by atoms with van der Waals surface area (Å²) in [5.74, 6) is 1.16. The fraction of sp³-hybridized carbons (Fsp3) is 0.121. The van der Waals surface area contributed by atoms with Crippen LogP contribution in [-0.2, 0) is 4.79 Å². The number of pyridine rings is 1. The molecule has 2 N–H and O–H groups in total. The Morgan fingerprint density at radius 3 is 2.45 bits per heavy atom. The summed E-state index contributed by atoms with van der Waals surface area (Å²) in [6.07, 6.45) is 3.82. The number of hydrogen-bond donors (Lipinski definition) is 2. The van der Waals surface area contributed by atoms with Crippen molar-refractivity contribution in [3.63, 3.8) is 0 Å². The Hall–Kier alpha value is -5.15. The first-order valence-corrected chi connectivity index (χ1v) is 13.9. The van der Waals surface area contributed by atoms with Gasteiger partial charge in [0.05, 0.1) is 24.5 Å².